The van der Waals surface area contributed by atoms with E-state index in [9.17, 15) is 9.59 Å². The molecule has 0 radical (unpaired) electrons. The van der Waals surface area contributed by atoms with E-state index in [1.54, 1.807) is 29.1 Å². The Morgan fingerprint density at radius 1 is 1.14 bits per heavy atom. The third-order valence-electron chi connectivity index (χ3n) is 5.57. The van der Waals surface area contributed by atoms with Gasteiger partial charge in [0.2, 0.25) is 5.43 Å². The van der Waals surface area contributed by atoms with Crippen LogP contribution in [0.5, 0.6) is 5.75 Å². The first-order valence-electron chi connectivity index (χ1n) is 11.4. The fourth-order valence-corrected chi connectivity index (χ4v) is 4.17. The summed E-state index contributed by atoms with van der Waals surface area (Å²) in [7, 11) is 0. The fraction of sp³-hybridized carbons (Fsp3) is 0.0714. The van der Waals surface area contributed by atoms with E-state index < -0.39 is 5.91 Å². The maximum Gasteiger partial charge on any atom is 0.277 e. The number of benzene rings is 3. The quantitative estimate of drug-likeness (QED) is 0.218. The summed E-state index contributed by atoms with van der Waals surface area (Å²) < 4.78 is 14.0. The Morgan fingerprint density at radius 3 is 2.81 bits per heavy atom. The molecule has 1 N–H and O–H groups in total. The van der Waals surface area contributed by atoms with Gasteiger partial charge in [0, 0.05) is 10.0 Å². The maximum absolute atomic E-state index is 12.7. The summed E-state index contributed by atoms with van der Waals surface area (Å²) in [4.78, 5) is 25.1. The van der Waals surface area contributed by atoms with Crippen molar-refractivity contribution in [3.63, 3.8) is 0 Å². The molecule has 2 heterocycles. The van der Waals surface area contributed by atoms with Gasteiger partial charge in [0.15, 0.2) is 6.61 Å². The second kappa shape index (κ2) is 10.6. The number of hydrogen-bond acceptors (Lipinski definition) is 6. The van der Waals surface area contributed by atoms with Crippen LogP contribution in [0.15, 0.2) is 104 Å². The smallest absolute Gasteiger partial charge is 0.277 e. The van der Waals surface area contributed by atoms with Crippen molar-refractivity contribution in [2.24, 2.45) is 5.10 Å². The first-order chi connectivity index (χ1) is 18.0. The lowest BCUT2D eigenvalue weighted by Crippen LogP contribution is -2.25. The lowest BCUT2D eigenvalue weighted by Gasteiger charge is -2.13. The zero-order valence-corrected chi connectivity index (χ0v) is 21.3. The van der Waals surface area contributed by atoms with Gasteiger partial charge in [-0.25, -0.2) is 10.1 Å². The molecule has 0 aliphatic carbocycles. The molecule has 0 bridgehead atoms. The van der Waals surface area contributed by atoms with Gasteiger partial charge in [-0.3, -0.25) is 9.59 Å². The molecule has 0 fully saturated rings. The molecular formula is C28H21BrN4O4. The molecular weight excluding hydrogens is 536 g/mol. The van der Waals surface area contributed by atoms with Gasteiger partial charge in [-0.1, -0.05) is 45.8 Å². The minimum Gasteiger partial charge on any atom is -0.483 e. The Bertz CT molecular complexity index is 1680. The predicted molar refractivity (Wildman–Crippen MR) is 145 cm³/mol. The van der Waals surface area contributed by atoms with E-state index in [4.69, 9.17) is 9.15 Å². The van der Waals surface area contributed by atoms with Crippen molar-refractivity contribution < 1.29 is 13.9 Å². The number of amides is 1. The SMILES string of the molecule is Cc1ccc2occ(C=NNC(=O)COc3ccc(Br)cc3-c3ccnn3-c3ccccc3)c(=O)c2c1. The molecule has 0 spiro atoms. The average molecular weight is 557 g/mol. The van der Waals surface area contributed by atoms with Gasteiger partial charge in [-0.2, -0.15) is 10.2 Å². The number of rotatable bonds is 7. The first-order valence-corrected chi connectivity index (χ1v) is 12.1. The zero-order valence-electron chi connectivity index (χ0n) is 19.7. The third-order valence-corrected chi connectivity index (χ3v) is 6.06. The molecule has 1 amide bonds. The van der Waals surface area contributed by atoms with E-state index in [1.807, 2.05) is 61.5 Å². The minimum atomic E-state index is -0.484. The Labute approximate surface area is 220 Å². The molecule has 0 unspecified atom stereocenters. The number of carbonyl (C=O) groups excluding carboxylic acids is 1. The van der Waals surface area contributed by atoms with Crippen molar-refractivity contribution in [1.29, 1.82) is 0 Å². The van der Waals surface area contributed by atoms with Crippen LogP contribution in [-0.2, 0) is 4.79 Å². The molecule has 0 saturated carbocycles. The number of aromatic nitrogens is 2. The second-order valence-electron chi connectivity index (χ2n) is 8.21. The maximum atomic E-state index is 12.7. The molecule has 2 aromatic heterocycles. The molecule has 0 saturated heterocycles. The number of ether oxygens (including phenoxy) is 1. The van der Waals surface area contributed by atoms with Crippen LogP contribution in [0.4, 0.5) is 0 Å². The lowest BCUT2D eigenvalue weighted by atomic mass is 10.1. The number of hydrogen-bond donors (Lipinski definition) is 1. The summed E-state index contributed by atoms with van der Waals surface area (Å²) in [6.45, 7) is 1.61. The molecule has 3 aromatic carbocycles. The molecule has 8 nitrogen and oxygen atoms in total. The summed E-state index contributed by atoms with van der Waals surface area (Å²) in [5.41, 5.74) is 6.28. The van der Waals surface area contributed by atoms with Crippen molar-refractivity contribution in [2.45, 2.75) is 6.92 Å². The van der Waals surface area contributed by atoms with Crippen LogP contribution in [0.3, 0.4) is 0 Å². The molecule has 5 aromatic rings. The second-order valence-corrected chi connectivity index (χ2v) is 9.12. The highest BCUT2D eigenvalue weighted by Crippen LogP contribution is 2.33. The average Bonchev–Trinajstić information content (AvgIpc) is 3.40. The van der Waals surface area contributed by atoms with Crippen molar-refractivity contribution >= 4 is 39.0 Å². The van der Waals surface area contributed by atoms with Crippen LogP contribution in [0, 0.1) is 6.92 Å². The van der Waals surface area contributed by atoms with Gasteiger partial charge in [0.25, 0.3) is 5.91 Å². The number of halogens is 1. The number of nitrogens with one attached hydrogen (secondary N) is 1. The van der Waals surface area contributed by atoms with Gasteiger partial charge in [0.1, 0.15) is 17.6 Å². The van der Waals surface area contributed by atoms with Gasteiger partial charge >= 0.3 is 0 Å². The molecule has 37 heavy (non-hydrogen) atoms. The van der Waals surface area contributed by atoms with Crippen LogP contribution in [0.1, 0.15) is 11.1 Å². The number of aryl methyl sites for hydroxylation is 1. The summed E-state index contributed by atoms with van der Waals surface area (Å²) in [6, 6.07) is 22.5. The topological polar surface area (TPSA) is 98.7 Å². The van der Waals surface area contributed by atoms with Crippen LogP contribution >= 0.6 is 15.9 Å². The highest BCUT2D eigenvalue weighted by molar-refractivity contribution is 9.10. The molecule has 184 valence electrons. The van der Waals surface area contributed by atoms with E-state index in [1.165, 1.54) is 12.5 Å². The van der Waals surface area contributed by atoms with Crippen LogP contribution in [-0.4, -0.2) is 28.5 Å². The summed E-state index contributed by atoms with van der Waals surface area (Å²) in [5, 5.41) is 8.80. The van der Waals surface area contributed by atoms with E-state index in [0.29, 0.717) is 16.7 Å². The Balaban J connectivity index is 1.30. The molecule has 5 rings (SSSR count). The summed E-state index contributed by atoms with van der Waals surface area (Å²) in [5.74, 6) is 0.0215. The third kappa shape index (κ3) is 5.36. The number of hydrazone groups is 1. The van der Waals surface area contributed by atoms with Gasteiger partial charge in [0.05, 0.1) is 34.7 Å². The van der Waals surface area contributed by atoms with Gasteiger partial charge in [-0.05, 0) is 55.5 Å². The largest absolute Gasteiger partial charge is 0.483 e. The number of fused-ring (bicyclic) bond motifs is 1. The Hall–Kier alpha value is -4.50. The van der Waals surface area contributed by atoms with E-state index >= 15 is 0 Å². The number of carbonyl (C=O) groups is 1. The Morgan fingerprint density at radius 2 is 1.97 bits per heavy atom. The van der Waals surface area contributed by atoms with Gasteiger partial charge < -0.3 is 9.15 Å². The zero-order chi connectivity index (χ0) is 25.8. The van der Waals surface area contributed by atoms with Crippen LogP contribution in [0.25, 0.3) is 27.9 Å². The molecule has 0 aliphatic heterocycles. The van der Waals surface area contributed by atoms with E-state index in [0.717, 1.165) is 27.0 Å². The standard InChI is InChI=1S/C28H21BrN4O4/c1-18-7-9-26-23(13-18)28(35)19(16-36-26)15-30-32-27(34)17-37-25-10-8-20(29)14-22(25)24-11-12-31-33(24)21-5-3-2-4-6-21/h2-16H,17H2,1H3,(H,32,34). The van der Waals surface area contributed by atoms with Crippen molar-refractivity contribution in [3.8, 4) is 22.7 Å². The predicted octanol–water partition coefficient (Wildman–Crippen LogP) is 5.25. The number of nitrogens with zero attached hydrogens (tertiary/aromatic N) is 3. The van der Waals surface area contributed by atoms with Crippen molar-refractivity contribution in [3.05, 3.63) is 111 Å². The van der Waals surface area contributed by atoms with Crippen LogP contribution < -0.4 is 15.6 Å². The molecule has 9 heteroatoms. The molecule has 0 atom stereocenters. The summed E-state index contributed by atoms with van der Waals surface area (Å²) >= 11 is 3.51. The van der Waals surface area contributed by atoms with Crippen molar-refractivity contribution in [2.75, 3.05) is 6.61 Å². The van der Waals surface area contributed by atoms with Gasteiger partial charge in [-0.15, -0.1) is 0 Å². The normalized spacial score (nSPS) is 11.2. The Kier molecular flexibility index (Phi) is 6.96. The highest BCUT2D eigenvalue weighted by Gasteiger charge is 2.15. The summed E-state index contributed by atoms with van der Waals surface area (Å²) in [6.07, 6.45) is 4.28. The fourth-order valence-electron chi connectivity index (χ4n) is 3.81. The highest BCUT2D eigenvalue weighted by atomic mass is 79.9. The van der Waals surface area contributed by atoms with Crippen molar-refractivity contribution in [1.82, 2.24) is 15.2 Å². The minimum absolute atomic E-state index is 0.226. The monoisotopic (exact) mass is 556 g/mol. The van der Waals surface area contributed by atoms with E-state index in [2.05, 4.69) is 31.6 Å². The number of para-hydroxylation sites is 1. The lowest BCUT2D eigenvalue weighted by molar-refractivity contribution is -0.123. The molecule has 0 aliphatic rings. The van der Waals surface area contributed by atoms with E-state index in [-0.39, 0.29) is 17.6 Å². The first kappa shape index (κ1) is 24.2. The van der Waals surface area contributed by atoms with Crippen LogP contribution in [0.2, 0.25) is 0 Å².